The quantitative estimate of drug-likeness (QED) is 0.169. The van der Waals surface area contributed by atoms with E-state index in [4.69, 9.17) is 23.5 Å². The molecule has 8 saturated carbocycles. The first kappa shape index (κ1) is 34.0. The maximum atomic E-state index is 13.9. The van der Waals surface area contributed by atoms with Gasteiger partial charge in [-0.15, -0.1) is 0 Å². The molecular weight excluding hydrogens is 650 g/mol. The second kappa shape index (κ2) is 12.5. The molecule has 0 heterocycles. The van der Waals surface area contributed by atoms with Crippen LogP contribution in [0.3, 0.4) is 0 Å². The molecule has 13 nitrogen and oxygen atoms in total. The fourth-order valence-electron chi connectivity index (χ4n) is 10.1. The van der Waals surface area contributed by atoms with E-state index in [9.17, 15) is 41.2 Å². The molecule has 0 aromatic heterocycles. The van der Waals surface area contributed by atoms with E-state index in [1.807, 2.05) is 0 Å². The Hall–Kier alpha value is -2.88. The van der Waals surface area contributed by atoms with Gasteiger partial charge in [-0.3, -0.25) is 9.35 Å². The molecule has 0 amide bonds. The standard InChI is InChI=1S/C31H40F2O13S/c32-31(33,47(39,40)41)28(38)44-23(27(37)43-16-26(36)46-30-12-20-6-21(13-30)8-22(7-20)14-30)1-2-24(34)42-15-25(35)45-29-9-17-3-18(10-29)5-19(4-17)11-29/h17-23H,1-16H2,(H,39,40,41). The van der Waals surface area contributed by atoms with Crippen LogP contribution >= 0.6 is 0 Å². The lowest BCUT2D eigenvalue weighted by Crippen LogP contribution is -2.53. The number of hydrogen-bond acceptors (Lipinski definition) is 12. The Morgan fingerprint density at radius 1 is 0.681 bits per heavy atom. The zero-order valence-corrected chi connectivity index (χ0v) is 26.7. The zero-order chi connectivity index (χ0) is 33.8. The number of ether oxygens (including phenoxy) is 5. The first-order chi connectivity index (χ1) is 22.0. The van der Waals surface area contributed by atoms with Crippen LogP contribution in [0.2, 0.25) is 0 Å². The van der Waals surface area contributed by atoms with Crippen molar-refractivity contribution in [2.45, 2.75) is 112 Å². The largest absolute Gasteiger partial charge is 0.465 e. The number of carbonyl (C=O) groups is 5. The van der Waals surface area contributed by atoms with Crippen molar-refractivity contribution in [3.63, 3.8) is 0 Å². The molecule has 0 radical (unpaired) electrons. The highest BCUT2D eigenvalue weighted by Crippen LogP contribution is 2.58. The van der Waals surface area contributed by atoms with E-state index in [0.29, 0.717) is 54.8 Å². The van der Waals surface area contributed by atoms with Gasteiger partial charge in [0.1, 0.15) is 11.2 Å². The van der Waals surface area contributed by atoms with Crippen LogP contribution in [0.1, 0.15) is 89.9 Å². The molecule has 1 atom stereocenters. The smallest absolute Gasteiger partial charge is 0.457 e. The molecule has 8 aliphatic rings. The van der Waals surface area contributed by atoms with Crippen LogP contribution in [0.25, 0.3) is 0 Å². The van der Waals surface area contributed by atoms with Gasteiger partial charge in [0.15, 0.2) is 19.3 Å². The summed E-state index contributed by atoms with van der Waals surface area (Å²) >= 11 is 0. The minimum absolute atomic E-state index is 0.448. The van der Waals surface area contributed by atoms with Crippen molar-refractivity contribution in [1.29, 1.82) is 0 Å². The fraction of sp³-hybridized carbons (Fsp3) is 0.839. The van der Waals surface area contributed by atoms with Gasteiger partial charge in [-0.25, -0.2) is 19.2 Å². The van der Waals surface area contributed by atoms with E-state index in [1.54, 1.807) is 0 Å². The lowest BCUT2D eigenvalue weighted by Gasteiger charge is -2.55. The summed E-state index contributed by atoms with van der Waals surface area (Å²) in [6.07, 6.45) is 7.11. The molecule has 8 bridgehead atoms. The Balaban J connectivity index is 1.01. The van der Waals surface area contributed by atoms with E-state index in [0.717, 1.165) is 57.8 Å². The number of alkyl halides is 2. The highest BCUT2D eigenvalue weighted by atomic mass is 32.2. The van der Waals surface area contributed by atoms with Crippen molar-refractivity contribution in [3.05, 3.63) is 0 Å². The first-order valence-corrected chi connectivity index (χ1v) is 17.8. The zero-order valence-electron chi connectivity index (χ0n) is 25.9. The summed E-state index contributed by atoms with van der Waals surface area (Å²) < 4.78 is 84.3. The third kappa shape index (κ3) is 7.42. The Bertz CT molecular complexity index is 1340. The van der Waals surface area contributed by atoms with Gasteiger partial charge in [-0.05, 0) is 113 Å². The van der Waals surface area contributed by atoms with Crippen LogP contribution in [0, 0.1) is 35.5 Å². The van der Waals surface area contributed by atoms with Gasteiger partial charge in [0.05, 0.1) is 0 Å². The van der Waals surface area contributed by atoms with E-state index >= 15 is 0 Å². The van der Waals surface area contributed by atoms with E-state index in [1.165, 1.54) is 0 Å². The molecule has 8 rings (SSSR count). The minimum Gasteiger partial charge on any atom is -0.457 e. The van der Waals surface area contributed by atoms with Gasteiger partial charge in [0.2, 0.25) is 0 Å². The fourth-order valence-corrected chi connectivity index (χ4v) is 10.3. The minimum atomic E-state index is -6.27. The average molecular weight is 691 g/mol. The lowest BCUT2D eigenvalue weighted by molar-refractivity contribution is -0.195. The van der Waals surface area contributed by atoms with Crippen LogP contribution in [0.4, 0.5) is 8.78 Å². The Morgan fingerprint density at radius 3 is 1.45 bits per heavy atom. The summed E-state index contributed by atoms with van der Waals surface area (Å²) in [5, 5.41) is -5.44. The molecule has 1 unspecified atom stereocenters. The molecule has 0 aromatic rings. The van der Waals surface area contributed by atoms with Crippen LogP contribution in [0.5, 0.6) is 0 Å². The summed E-state index contributed by atoms with van der Waals surface area (Å²) in [5.41, 5.74) is -1.24. The third-order valence-corrected chi connectivity index (χ3v) is 11.8. The Morgan fingerprint density at radius 2 is 1.06 bits per heavy atom. The molecule has 16 heteroatoms. The van der Waals surface area contributed by atoms with E-state index in [2.05, 4.69) is 4.74 Å². The van der Waals surface area contributed by atoms with Gasteiger partial charge in [0.25, 0.3) is 0 Å². The van der Waals surface area contributed by atoms with Crippen LogP contribution < -0.4 is 0 Å². The molecule has 262 valence electrons. The Labute approximate surface area is 270 Å². The number of hydrogen-bond donors (Lipinski definition) is 1. The SMILES string of the molecule is O=C(CCC(OC(=O)C(F)(F)S(=O)(=O)O)C(=O)OCC(=O)OC12CC3CC(CC(C3)C1)C2)OCC(=O)OC12CC3CC(CC(C3)C1)C2. The number of rotatable bonds is 13. The molecule has 47 heavy (non-hydrogen) atoms. The normalized spacial score (nSPS) is 35.6. The van der Waals surface area contributed by atoms with Crippen molar-refractivity contribution in [2.75, 3.05) is 13.2 Å². The number of esters is 5. The highest BCUT2D eigenvalue weighted by molar-refractivity contribution is 7.87. The summed E-state index contributed by atoms with van der Waals surface area (Å²) in [7, 11) is -6.27. The maximum Gasteiger partial charge on any atom is 0.465 e. The molecule has 8 fully saturated rings. The lowest BCUT2D eigenvalue weighted by atomic mass is 9.54. The van der Waals surface area contributed by atoms with Crippen molar-refractivity contribution in [2.24, 2.45) is 35.5 Å². The van der Waals surface area contributed by atoms with Crippen molar-refractivity contribution in [1.82, 2.24) is 0 Å². The van der Waals surface area contributed by atoms with Gasteiger partial charge < -0.3 is 23.7 Å². The van der Waals surface area contributed by atoms with Gasteiger partial charge >= 0.3 is 45.2 Å². The molecular formula is C31H40F2O13S. The first-order valence-electron chi connectivity index (χ1n) is 16.3. The van der Waals surface area contributed by atoms with Crippen molar-refractivity contribution in [3.8, 4) is 0 Å². The molecule has 8 aliphatic carbocycles. The average Bonchev–Trinajstić information content (AvgIpc) is 2.94. The number of carbonyl (C=O) groups excluding carboxylic acids is 5. The second-order valence-corrected chi connectivity index (χ2v) is 16.3. The molecule has 1 N–H and O–H groups in total. The van der Waals surface area contributed by atoms with Crippen molar-refractivity contribution >= 4 is 40.0 Å². The molecule has 0 aliphatic heterocycles. The highest BCUT2D eigenvalue weighted by Gasteiger charge is 2.56. The second-order valence-electron chi connectivity index (χ2n) is 14.8. The van der Waals surface area contributed by atoms with Crippen LogP contribution in [0.15, 0.2) is 0 Å². The predicted molar refractivity (Wildman–Crippen MR) is 152 cm³/mol. The van der Waals surface area contributed by atoms with Crippen molar-refractivity contribution < 1.29 is 69.4 Å². The summed E-state index contributed by atoms with van der Waals surface area (Å²) in [5.74, 6) is -4.22. The van der Waals surface area contributed by atoms with Gasteiger partial charge in [-0.2, -0.15) is 17.2 Å². The molecule has 0 aromatic carbocycles. The predicted octanol–water partition coefficient (Wildman–Crippen LogP) is 3.27. The summed E-state index contributed by atoms with van der Waals surface area (Å²) in [6.45, 7) is -1.70. The molecule has 0 spiro atoms. The third-order valence-electron chi connectivity index (χ3n) is 11.0. The van der Waals surface area contributed by atoms with Crippen LogP contribution in [-0.4, -0.2) is 78.6 Å². The topological polar surface area (TPSA) is 186 Å². The Kier molecular flexibility index (Phi) is 9.07. The van der Waals surface area contributed by atoms with Gasteiger partial charge in [0, 0.05) is 12.8 Å². The van der Waals surface area contributed by atoms with E-state index in [-0.39, 0.29) is 0 Å². The number of halogens is 2. The summed E-state index contributed by atoms with van der Waals surface area (Å²) in [4.78, 5) is 62.3. The van der Waals surface area contributed by atoms with Gasteiger partial charge in [-0.1, -0.05) is 0 Å². The molecule has 0 saturated heterocycles. The van der Waals surface area contributed by atoms with Crippen LogP contribution in [-0.2, 0) is 57.8 Å². The summed E-state index contributed by atoms with van der Waals surface area (Å²) in [6, 6.07) is 0. The van der Waals surface area contributed by atoms with E-state index < -0.39 is 88.6 Å². The maximum absolute atomic E-state index is 13.9. The monoisotopic (exact) mass is 690 g/mol.